The lowest BCUT2D eigenvalue weighted by Crippen LogP contribution is -2.22. The van der Waals surface area contributed by atoms with E-state index in [9.17, 15) is 0 Å². The van der Waals surface area contributed by atoms with E-state index in [1.54, 1.807) is 0 Å². The highest BCUT2D eigenvalue weighted by Crippen LogP contribution is 2.52. The van der Waals surface area contributed by atoms with Crippen LogP contribution >= 0.6 is 0 Å². The molecular weight excluding hydrogens is 669 g/mol. The zero-order chi connectivity index (χ0) is 36.3. The number of furan rings is 1. The van der Waals surface area contributed by atoms with Crippen LogP contribution in [0.15, 0.2) is 216 Å². The highest BCUT2D eigenvalue weighted by Gasteiger charge is 2.34. The molecule has 0 amide bonds. The number of benzene rings is 7. The molecule has 2 unspecified atom stereocenters. The molecule has 3 nitrogen and oxygen atoms in total. The van der Waals surface area contributed by atoms with E-state index in [0.717, 1.165) is 50.2 Å². The van der Waals surface area contributed by atoms with E-state index in [4.69, 9.17) is 4.42 Å². The van der Waals surface area contributed by atoms with Gasteiger partial charge >= 0.3 is 0 Å². The smallest absolute Gasteiger partial charge is 0.137 e. The molecule has 0 N–H and O–H groups in total. The minimum Gasteiger partial charge on any atom is -0.456 e. The highest BCUT2D eigenvalue weighted by molar-refractivity contribution is 6.18. The Labute approximate surface area is 319 Å². The van der Waals surface area contributed by atoms with Crippen LogP contribution in [0.2, 0.25) is 0 Å². The predicted molar refractivity (Wildman–Crippen MR) is 230 cm³/mol. The van der Waals surface area contributed by atoms with Crippen molar-refractivity contribution in [1.82, 2.24) is 4.57 Å². The Morgan fingerprint density at radius 1 is 0.509 bits per heavy atom. The maximum absolute atomic E-state index is 6.56. The molecule has 55 heavy (non-hydrogen) atoms. The number of rotatable bonds is 6. The van der Waals surface area contributed by atoms with Crippen LogP contribution < -0.4 is 4.90 Å². The molecule has 2 aliphatic rings. The van der Waals surface area contributed by atoms with E-state index < -0.39 is 0 Å². The largest absolute Gasteiger partial charge is 0.456 e. The number of hydrogen-bond acceptors (Lipinski definition) is 2. The molecule has 2 aromatic heterocycles. The third-order valence-electron chi connectivity index (χ3n) is 11.4. The van der Waals surface area contributed by atoms with Gasteiger partial charge in [-0.2, -0.15) is 0 Å². The van der Waals surface area contributed by atoms with Crippen molar-refractivity contribution in [1.29, 1.82) is 0 Å². The molecule has 9 aromatic rings. The summed E-state index contributed by atoms with van der Waals surface area (Å²) in [5, 5.41) is 4.62. The van der Waals surface area contributed by atoms with E-state index in [1.807, 2.05) is 6.07 Å². The molecule has 260 valence electrons. The summed E-state index contributed by atoms with van der Waals surface area (Å²) in [6.07, 6.45) is 13.7. The third-order valence-corrected chi connectivity index (χ3v) is 11.4. The molecule has 2 aliphatic carbocycles. The summed E-state index contributed by atoms with van der Waals surface area (Å²) in [6, 6.07) is 61.1. The number of fused-ring (bicyclic) bond motifs is 7. The lowest BCUT2D eigenvalue weighted by atomic mass is 9.70. The van der Waals surface area contributed by atoms with Crippen molar-refractivity contribution in [3.8, 4) is 5.69 Å². The minimum atomic E-state index is 0.0783. The van der Waals surface area contributed by atoms with Crippen LogP contribution in [-0.2, 0) is 0 Å². The van der Waals surface area contributed by atoms with Crippen molar-refractivity contribution in [2.45, 2.75) is 5.92 Å². The van der Waals surface area contributed by atoms with Gasteiger partial charge in [0, 0.05) is 33.7 Å². The fraction of sp³-hybridized carbons (Fsp3) is 0.0385. The van der Waals surface area contributed by atoms with Crippen LogP contribution in [0.25, 0.3) is 55.0 Å². The summed E-state index contributed by atoms with van der Waals surface area (Å²) in [5.41, 5.74) is 13.7. The second-order valence-corrected chi connectivity index (χ2v) is 14.4. The van der Waals surface area contributed by atoms with E-state index in [0.29, 0.717) is 0 Å². The fourth-order valence-electron chi connectivity index (χ4n) is 9.13. The Morgan fingerprint density at radius 2 is 1.18 bits per heavy atom. The van der Waals surface area contributed by atoms with Gasteiger partial charge in [0.1, 0.15) is 11.2 Å². The van der Waals surface area contributed by atoms with Crippen molar-refractivity contribution in [3.05, 3.63) is 223 Å². The summed E-state index contributed by atoms with van der Waals surface area (Å²) in [4.78, 5) is 2.51. The van der Waals surface area contributed by atoms with Crippen molar-refractivity contribution in [3.63, 3.8) is 0 Å². The third kappa shape index (κ3) is 4.97. The van der Waals surface area contributed by atoms with Crippen LogP contribution in [-0.4, -0.2) is 4.57 Å². The van der Waals surface area contributed by atoms with Gasteiger partial charge in [0.15, 0.2) is 0 Å². The maximum atomic E-state index is 6.56. The topological polar surface area (TPSA) is 21.3 Å². The van der Waals surface area contributed by atoms with Gasteiger partial charge in [0.2, 0.25) is 0 Å². The van der Waals surface area contributed by atoms with E-state index in [-0.39, 0.29) is 11.8 Å². The Hall–Kier alpha value is -7.10. The SMILES string of the molecule is C1=CC2=CC=CC(c3ccccc3N(c3cccc4oc5ccccc5c34)c3cccc4c5ccccc5n(-c5ccccc5)c34)C2C(c2ccccc2)=C1. The summed E-state index contributed by atoms with van der Waals surface area (Å²) >= 11 is 0. The molecule has 0 saturated heterocycles. The van der Waals surface area contributed by atoms with Gasteiger partial charge < -0.3 is 13.9 Å². The summed E-state index contributed by atoms with van der Waals surface area (Å²) in [7, 11) is 0. The minimum absolute atomic E-state index is 0.0783. The first-order valence-electron chi connectivity index (χ1n) is 19.0. The number of aromatic nitrogens is 1. The molecule has 0 aliphatic heterocycles. The Kier molecular flexibility index (Phi) is 7.31. The molecule has 0 radical (unpaired) electrons. The zero-order valence-corrected chi connectivity index (χ0v) is 30.1. The van der Waals surface area contributed by atoms with Gasteiger partial charge in [-0.1, -0.05) is 158 Å². The number of allylic oxidation sites excluding steroid dienone is 8. The lowest BCUT2D eigenvalue weighted by Gasteiger charge is -2.36. The molecule has 2 atom stereocenters. The van der Waals surface area contributed by atoms with Crippen LogP contribution in [0.4, 0.5) is 17.1 Å². The molecule has 2 heterocycles. The van der Waals surface area contributed by atoms with Crippen LogP contribution in [0.3, 0.4) is 0 Å². The van der Waals surface area contributed by atoms with Crippen molar-refractivity contribution >= 4 is 66.4 Å². The molecule has 11 rings (SSSR count). The van der Waals surface area contributed by atoms with Gasteiger partial charge in [-0.05, 0) is 70.8 Å². The number of nitrogens with zero attached hydrogens (tertiary/aromatic N) is 2. The first-order chi connectivity index (χ1) is 27.3. The number of hydrogen-bond donors (Lipinski definition) is 0. The summed E-state index contributed by atoms with van der Waals surface area (Å²) in [6.45, 7) is 0. The van der Waals surface area contributed by atoms with Gasteiger partial charge in [-0.15, -0.1) is 0 Å². The lowest BCUT2D eigenvalue weighted by molar-refractivity contribution is 0.669. The predicted octanol–water partition coefficient (Wildman–Crippen LogP) is 14.0. The molecule has 7 aromatic carbocycles. The van der Waals surface area contributed by atoms with Gasteiger partial charge in [0.05, 0.1) is 33.5 Å². The average molecular weight is 705 g/mol. The van der Waals surface area contributed by atoms with E-state index in [2.05, 4.69) is 210 Å². The summed E-state index contributed by atoms with van der Waals surface area (Å²) in [5.74, 6) is 0.229. The first kappa shape index (κ1) is 31.4. The number of para-hydroxylation sites is 5. The molecule has 0 fully saturated rings. The quantitative estimate of drug-likeness (QED) is 0.172. The van der Waals surface area contributed by atoms with Crippen LogP contribution in [0.1, 0.15) is 17.0 Å². The normalized spacial score (nSPS) is 16.4. The molecule has 0 bridgehead atoms. The van der Waals surface area contributed by atoms with Crippen molar-refractivity contribution < 1.29 is 4.42 Å². The fourth-order valence-corrected chi connectivity index (χ4v) is 9.13. The first-order valence-corrected chi connectivity index (χ1v) is 19.0. The van der Waals surface area contributed by atoms with Gasteiger partial charge in [-0.25, -0.2) is 0 Å². The van der Waals surface area contributed by atoms with Crippen molar-refractivity contribution in [2.24, 2.45) is 5.92 Å². The Morgan fingerprint density at radius 3 is 2.07 bits per heavy atom. The monoisotopic (exact) mass is 704 g/mol. The maximum Gasteiger partial charge on any atom is 0.137 e. The second kappa shape index (κ2) is 12.8. The Balaban J connectivity index is 1.23. The average Bonchev–Trinajstić information content (AvgIpc) is 3.81. The van der Waals surface area contributed by atoms with E-state index >= 15 is 0 Å². The van der Waals surface area contributed by atoms with Crippen LogP contribution in [0, 0.1) is 5.92 Å². The molecule has 3 heteroatoms. The van der Waals surface area contributed by atoms with Crippen LogP contribution in [0.5, 0.6) is 0 Å². The summed E-state index contributed by atoms with van der Waals surface area (Å²) < 4.78 is 9.00. The van der Waals surface area contributed by atoms with Gasteiger partial charge in [-0.3, -0.25) is 0 Å². The Bertz CT molecular complexity index is 3050. The van der Waals surface area contributed by atoms with Gasteiger partial charge in [0.25, 0.3) is 0 Å². The standard InChI is InChI=1S/C52H36N2O/c1-3-17-35(18-4-1)38-26-13-19-36-20-14-27-41(50(36)38)39-23-7-11-30-45(39)54(46-31-16-34-49-51(46)43-25-9-12-33-48(43)55-49)47-32-15-28-42-40-24-8-10-29-44(40)53(52(42)47)37-21-5-2-6-22-37/h1-34,41,50H. The molecular formula is C52H36N2O. The number of anilines is 3. The zero-order valence-electron chi connectivity index (χ0n) is 30.1. The highest BCUT2D eigenvalue weighted by atomic mass is 16.3. The molecule has 0 saturated carbocycles. The second-order valence-electron chi connectivity index (χ2n) is 14.4. The molecule has 0 spiro atoms. The van der Waals surface area contributed by atoms with Crippen molar-refractivity contribution in [2.75, 3.05) is 4.90 Å². The van der Waals surface area contributed by atoms with E-state index in [1.165, 1.54) is 38.6 Å².